The molecule has 1 N–H and O–H groups in total. The molecule has 1 aromatic heterocycles. The van der Waals surface area contributed by atoms with Crippen molar-refractivity contribution in [3.63, 3.8) is 0 Å². The van der Waals surface area contributed by atoms with Gasteiger partial charge in [-0.05, 0) is 35.9 Å². The summed E-state index contributed by atoms with van der Waals surface area (Å²) in [4.78, 5) is 17.4. The van der Waals surface area contributed by atoms with Gasteiger partial charge in [-0.25, -0.2) is 4.98 Å². The van der Waals surface area contributed by atoms with Crippen LogP contribution in [0.3, 0.4) is 0 Å². The van der Waals surface area contributed by atoms with Gasteiger partial charge in [-0.3, -0.25) is 4.79 Å². The number of methoxy groups -OCH3 is 2. The van der Waals surface area contributed by atoms with Gasteiger partial charge >= 0.3 is 0 Å². The first-order chi connectivity index (χ1) is 15.2. The monoisotopic (exact) mass is 415 g/mol. The predicted molar refractivity (Wildman–Crippen MR) is 121 cm³/mol. The van der Waals surface area contributed by atoms with Crippen molar-refractivity contribution in [1.82, 2.24) is 14.9 Å². The number of para-hydroxylation sites is 2. The van der Waals surface area contributed by atoms with Crippen LogP contribution in [0.2, 0.25) is 0 Å². The lowest BCUT2D eigenvalue weighted by Crippen LogP contribution is -2.26. The molecule has 0 aliphatic carbocycles. The summed E-state index contributed by atoms with van der Waals surface area (Å²) in [6.07, 6.45) is 0.626. The number of amides is 1. The van der Waals surface area contributed by atoms with Gasteiger partial charge in [0.05, 0.1) is 25.3 Å². The van der Waals surface area contributed by atoms with Crippen LogP contribution in [0.1, 0.15) is 21.7 Å². The summed E-state index contributed by atoms with van der Waals surface area (Å²) in [6.45, 7) is 1.21. The summed E-state index contributed by atoms with van der Waals surface area (Å²) >= 11 is 0. The molecular weight excluding hydrogens is 390 g/mol. The normalized spacial score (nSPS) is 10.8. The van der Waals surface area contributed by atoms with Crippen molar-refractivity contribution in [3.05, 3.63) is 89.7 Å². The van der Waals surface area contributed by atoms with Crippen LogP contribution in [-0.4, -0.2) is 36.2 Å². The predicted octanol–water partition coefficient (Wildman–Crippen LogP) is 4.07. The van der Waals surface area contributed by atoms with E-state index in [1.165, 1.54) is 5.56 Å². The number of fused-ring (bicyclic) bond motifs is 1. The molecule has 158 valence electrons. The minimum absolute atomic E-state index is 0.160. The number of nitrogens with one attached hydrogen (secondary N) is 1. The molecule has 6 heteroatoms. The molecule has 1 heterocycles. The summed E-state index contributed by atoms with van der Waals surface area (Å²) in [6, 6.07) is 23.6. The minimum atomic E-state index is -0.160. The molecule has 0 saturated carbocycles. The standard InChI is InChI=1S/C25H25N3O3/c1-30-22-13-12-19(16-23(22)31-2)25(29)26-15-14-24-27-20-10-6-7-11-21(20)28(24)17-18-8-4-3-5-9-18/h3-13,16H,14-15,17H2,1-2H3,(H,26,29). The highest BCUT2D eigenvalue weighted by molar-refractivity contribution is 5.94. The lowest BCUT2D eigenvalue weighted by Gasteiger charge is -2.11. The second kappa shape index (κ2) is 9.34. The Bertz CT molecular complexity index is 1190. The van der Waals surface area contributed by atoms with E-state index in [-0.39, 0.29) is 5.91 Å². The number of rotatable bonds is 8. The molecule has 0 aliphatic heterocycles. The van der Waals surface area contributed by atoms with Crippen LogP contribution in [0.15, 0.2) is 72.8 Å². The van der Waals surface area contributed by atoms with E-state index in [1.807, 2.05) is 36.4 Å². The topological polar surface area (TPSA) is 65.4 Å². The zero-order chi connectivity index (χ0) is 21.6. The van der Waals surface area contributed by atoms with E-state index in [0.29, 0.717) is 30.0 Å². The third-order valence-electron chi connectivity index (χ3n) is 5.20. The molecule has 6 nitrogen and oxygen atoms in total. The molecule has 0 unspecified atom stereocenters. The molecule has 1 amide bonds. The number of ether oxygens (including phenoxy) is 2. The zero-order valence-corrected chi connectivity index (χ0v) is 17.7. The Kier molecular flexibility index (Phi) is 6.17. The fraction of sp³-hybridized carbons (Fsp3) is 0.200. The van der Waals surface area contributed by atoms with Crippen LogP contribution >= 0.6 is 0 Å². The minimum Gasteiger partial charge on any atom is -0.493 e. The number of carbonyl (C=O) groups excluding carboxylic acids is 1. The van der Waals surface area contributed by atoms with Crippen molar-refractivity contribution in [2.24, 2.45) is 0 Å². The Morgan fingerprint density at radius 1 is 0.935 bits per heavy atom. The SMILES string of the molecule is COc1ccc(C(=O)NCCc2nc3ccccc3n2Cc2ccccc2)cc1OC. The van der Waals surface area contributed by atoms with Crippen molar-refractivity contribution >= 4 is 16.9 Å². The average molecular weight is 415 g/mol. The maximum Gasteiger partial charge on any atom is 0.251 e. The van der Waals surface area contributed by atoms with E-state index >= 15 is 0 Å². The van der Waals surface area contributed by atoms with Gasteiger partial charge < -0.3 is 19.4 Å². The second-order valence-corrected chi connectivity index (χ2v) is 7.16. The Morgan fingerprint density at radius 2 is 1.68 bits per heavy atom. The summed E-state index contributed by atoms with van der Waals surface area (Å²) < 4.78 is 12.7. The molecular formula is C25H25N3O3. The number of hydrogen-bond donors (Lipinski definition) is 1. The molecule has 0 fully saturated rings. The van der Waals surface area contributed by atoms with Gasteiger partial charge in [-0.2, -0.15) is 0 Å². The Balaban J connectivity index is 1.49. The van der Waals surface area contributed by atoms with Crippen LogP contribution in [0.25, 0.3) is 11.0 Å². The van der Waals surface area contributed by atoms with Gasteiger partial charge in [0.15, 0.2) is 11.5 Å². The summed E-state index contributed by atoms with van der Waals surface area (Å²) in [7, 11) is 3.12. The highest BCUT2D eigenvalue weighted by atomic mass is 16.5. The van der Waals surface area contributed by atoms with Gasteiger partial charge in [-0.1, -0.05) is 42.5 Å². The van der Waals surface area contributed by atoms with Gasteiger partial charge in [0, 0.05) is 25.1 Å². The Hall–Kier alpha value is -3.80. The molecule has 0 saturated heterocycles. The van der Waals surface area contributed by atoms with E-state index < -0.39 is 0 Å². The summed E-state index contributed by atoms with van der Waals surface area (Å²) in [5.41, 5.74) is 3.78. The molecule has 0 spiro atoms. The van der Waals surface area contributed by atoms with E-state index in [0.717, 1.165) is 23.4 Å². The van der Waals surface area contributed by atoms with Crippen molar-refractivity contribution in [2.45, 2.75) is 13.0 Å². The average Bonchev–Trinajstić information content (AvgIpc) is 3.16. The smallest absolute Gasteiger partial charge is 0.251 e. The van der Waals surface area contributed by atoms with Gasteiger partial charge in [0.25, 0.3) is 5.91 Å². The van der Waals surface area contributed by atoms with E-state index in [1.54, 1.807) is 32.4 Å². The molecule has 3 aromatic carbocycles. The second-order valence-electron chi connectivity index (χ2n) is 7.16. The van der Waals surface area contributed by atoms with E-state index in [9.17, 15) is 4.79 Å². The third kappa shape index (κ3) is 4.53. The largest absolute Gasteiger partial charge is 0.493 e. The van der Waals surface area contributed by atoms with Crippen molar-refractivity contribution in [3.8, 4) is 11.5 Å². The fourth-order valence-corrected chi connectivity index (χ4v) is 3.63. The number of imidazole rings is 1. The van der Waals surface area contributed by atoms with Crippen LogP contribution in [0, 0.1) is 0 Å². The first-order valence-corrected chi connectivity index (χ1v) is 10.2. The van der Waals surface area contributed by atoms with Crippen molar-refractivity contribution < 1.29 is 14.3 Å². The summed E-state index contributed by atoms with van der Waals surface area (Å²) in [5.74, 6) is 1.90. The quantitative estimate of drug-likeness (QED) is 0.471. The van der Waals surface area contributed by atoms with Crippen LogP contribution in [0.5, 0.6) is 11.5 Å². The van der Waals surface area contributed by atoms with Crippen molar-refractivity contribution in [1.29, 1.82) is 0 Å². The van der Waals surface area contributed by atoms with E-state index in [2.05, 4.69) is 28.1 Å². The zero-order valence-electron chi connectivity index (χ0n) is 17.7. The first kappa shape index (κ1) is 20.5. The first-order valence-electron chi connectivity index (χ1n) is 10.2. The fourth-order valence-electron chi connectivity index (χ4n) is 3.63. The molecule has 0 atom stereocenters. The van der Waals surface area contributed by atoms with Gasteiger partial charge in [0.1, 0.15) is 5.82 Å². The third-order valence-corrected chi connectivity index (χ3v) is 5.20. The molecule has 0 radical (unpaired) electrons. The molecule has 31 heavy (non-hydrogen) atoms. The molecule has 0 bridgehead atoms. The number of benzene rings is 3. The van der Waals surface area contributed by atoms with Crippen LogP contribution < -0.4 is 14.8 Å². The lowest BCUT2D eigenvalue weighted by molar-refractivity contribution is 0.0953. The maximum atomic E-state index is 12.6. The van der Waals surface area contributed by atoms with Gasteiger partial charge in [-0.15, -0.1) is 0 Å². The highest BCUT2D eigenvalue weighted by Gasteiger charge is 2.13. The maximum absolute atomic E-state index is 12.6. The Labute approximate surface area is 181 Å². The molecule has 0 aliphatic rings. The summed E-state index contributed by atoms with van der Waals surface area (Å²) in [5, 5.41) is 2.98. The molecule has 4 rings (SSSR count). The molecule has 4 aromatic rings. The van der Waals surface area contributed by atoms with Gasteiger partial charge in [0.2, 0.25) is 0 Å². The number of carbonyl (C=O) groups is 1. The number of aromatic nitrogens is 2. The number of hydrogen-bond acceptors (Lipinski definition) is 4. The Morgan fingerprint density at radius 3 is 2.45 bits per heavy atom. The number of nitrogens with zero attached hydrogens (tertiary/aromatic N) is 2. The van der Waals surface area contributed by atoms with Crippen LogP contribution in [-0.2, 0) is 13.0 Å². The van der Waals surface area contributed by atoms with Crippen LogP contribution in [0.4, 0.5) is 0 Å². The van der Waals surface area contributed by atoms with Crippen molar-refractivity contribution in [2.75, 3.05) is 20.8 Å². The highest BCUT2D eigenvalue weighted by Crippen LogP contribution is 2.27. The lowest BCUT2D eigenvalue weighted by atomic mass is 10.2. The van der Waals surface area contributed by atoms with E-state index in [4.69, 9.17) is 14.5 Å².